The molecule has 2 aromatic heterocycles. The lowest BCUT2D eigenvalue weighted by molar-refractivity contribution is -0.141. The second kappa shape index (κ2) is 6.85. The molecule has 2 N–H and O–H groups in total. The molecule has 0 aromatic carbocycles. The van der Waals surface area contributed by atoms with Gasteiger partial charge in [-0.05, 0) is 33.0 Å². The van der Waals surface area contributed by atoms with Crippen molar-refractivity contribution >= 4 is 5.91 Å². The summed E-state index contributed by atoms with van der Waals surface area (Å²) < 4.78 is 1.59. The van der Waals surface area contributed by atoms with Gasteiger partial charge in [-0.1, -0.05) is 0 Å². The molecule has 0 radical (unpaired) electrons. The van der Waals surface area contributed by atoms with E-state index in [0.29, 0.717) is 24.6 Å². The van der Waals surface area contributed by atoms with Gasteiger partial charge in [-0.25, -0.2) is 0 Å². The molecule has 0 aliphatic carbocycles. The van der Waals surface area contributed by atoms with Crippen molar-refractivity contribution in [3.05, 3.63) is 34.9 Å². The second-order valence-corrected chi connectivity index (χ2v) is 7.50. The molecule has 1 fully saturated rings. The van der Waals surface area contributed by atoms with Gasteiger partial charge in [0.05, 0.1) is 11.9 Å². The van der Waals surface area contributed by atoms with Gasteiger partial charge in [-0.15, -0.1) is 0 Å². The normalized spacial score (nSPS) is 20.2. The number of aromatic nitrogens is 4. The van der Waals surface area contributed by atoms with Crippen molar-refractivity contribution in [1.82, 2.24) is 29.8 Å². The predicted molar refractivity (Wildman–Crippen MR) is 95.3 cm³/mol. The van der Waals surface area contributed by atoms with Crippen LogP contribution < -0.4 is 0 Å². The summed E-state index contributed by atoms with van der Waals surface area (Å²) in [6.45, 7) is 3.27. The number of hydrogen-bond acceptors (Lipinski definition) is 5. The number of likely N-dealkylation sites (tertiary alicyclic amines) is 1. The van der Waals surface area contributed by atoms with Gasteiger partial charge in [-0.3, -0.25) is 14.6 Å². The van der Waals surface area contributed by atoms with E-state index in [1.54, 1.807) is 29.0 Å². The number of H-pyrrole nitrogens is 1. The van der Waals surface area contributed by atoms with Crippen LogP contribution in [0.15, 0.2) is 12.4 Å². The highest BCUT2D eigenvalue weighted by Gasteiger charge is 2.32. The molecule has 0 saturated carbocycles. The highest BCUT2D eigenvalue weighted by molar-refractivity contribution is 5.82. The largest absolute Gasteiger partial charge is 0.378 e. The molecule has 2 aliphatic heterocycles. The number of hydrogen-bond donors (Lipinski definition) is 2. The standard InChI is InChI=1S/C18H26N6O2/c1-22-6-3-12(4-7-22)16-14-11-24(8-5-15(14)20-21-16)18(26)17(25)13-9-19-23(2)10-13/h9-10,12,17,25H,3-8,11H2,1-2H3,(H,20,21). The van der Waals surface area contributed by atoms with Crippen LogP contribution in [-0.4, -0.2) is 67.5 Å². The zero-order valence-electron chi connectivity index (χ0n) is 15.4. The SMILES string of the molecule is CN1CCC(c2n[nH]c3c2CN(C(=O)C(O)c2cnn(C)c2)CC3)CC1. The van der Waals surface area contributed by atoms with E-state index in [1.165, 1.54) is 0 Å². The van der Waals surface area contributed by atoms with Crippen LogP contribution in [-0.2, 0) is 24.8 Å². The Hall–Kier alpha value is -2.19. The molecule has 2 aliphatic rings. The van der Waals surface area contributed by atoms with E-state index in [4.69, 9.17) is 0 Å². The van der Waals surface area contributed by atoms with Crippen molar-refractivity contribution in [2.24, 2.45) is 7.05 Å². The molecular weight excluding hydrogens is 332 g/mol. The Morgan fingerprint density at radius 1 is 1.31 bits per heavy atom. The summed E-state index contributed by atoms with van der Waals surface area (Å²) in [6.07, 6.45) is 5.00. The van der Waals surface area contributed by atoms with E-state index in [2.05, 4.69) is 27.2 Å². The van der Waals surface area contributed by atoms with Crippen LogP contribution in [0.4, 0.5) is 0 Å². The number of rotatable bonds is 3. The van der Waals surface area contributed by atoms with Gasteiger partial charge in [-0.2, -0.15) is 10.2 Å². The maximum absolute atomic E-state index is 12.8. The molecule has 2 aromatic rings. The summed E-state index contributed by atoms with van der Waals surface area (Å²) in [6, 6.07) is 0. The first-order valence-electron chi connectivity index (χ1n) is 9.23. The molecule has 8 nitrogen and oxygen atoms in total. The monoisotopic (exact) mass is 358 g/mol. The predicted octanol–water partition coefficient (Wildman–Crippen LogP) is 0.571. The highest BCUT2D eigenvalue weighted by Crippen LogP contribution is 2.32. The molecule has 4 rings (SSSR count). The Morgan fingerprint density at radius 2 is 2.08 bits per heavy atom. The van der Waals surface area contributed by atoms with E-state index in [9.17, 15) is 9.90 Å². The van der Waals surface area contributed by atoms with Crippen LogP contribution in [0.25, 0.3) is 0 Å². The van der Waals surface area contributed by atoms with Crippen LogP contribution >= 0.6 is 0 Å². The van der Waals surface area contributed by atoms with Crippen molar-refractivity contribution in [2.75, 3.05) is 26.7 Å². The number of aliphatic hydroxyl groups is 1. The quantitative estimate of drug-likeness (QED) is 0.837. The average Bonchev–Trinajstić information content (AvgIpc) is 3.27. The molecular formula is C18H26N6O2. The molecule has 0 bridgehead atoms. The smallest absolute Gasteiger partial charge is 0.256 e. The Kier molecular flexibility index (Phi) is 4.54. The average molecular weight is 358 g/mol. The number of nitrogens with one attached hydrogen (secondary N) is 1. The minimum Gasteiger partial charge on any atom is -0.378 e. The Balaban J connectivity index is 1.50. The van der Waals surface area contributed by atoms with Crippen molar-refractivity contribution in [3.8, 4) is 0 Å². The zero-order valence-corrected chi connectivity index (χ0v) is 15.4. The summed E-state index contributed by atoms with van der Waals surface area (Å²) in [5.74, 6) is 0.184. The van der Waals surface area contributed by atoms with Gasteiger partial charge in [0.15, 0.2) is 6.10 Å². The summed E-state index contributed by atoms with van der Waals surface area (Å²) in [5, 5.41) is 22.2. The van der Waals surface area contributed by atoms with Crippen LogP contribution in [0, 0.1) is 0 Å². The number of carbonyl (C=O) groups excluding carboxylic acids is 1. The zero-order chi connectivity index (χ0) is 18.3. The minimum atomic E-state index is -1.16. The van der Waals surface area contributed by atoms with Gasteiger partial charge in [0.1, 0.15) is 0 Å². The van der Waals surface area contributed by atoms with Crippen molar-refractivity contribution < 1.29 is 9.90 Å². The summed E-state index contributed by atoms with van der Waals surface area (Å²) in [7, 11) is 3.92. The van der Waals surface area contributed by atoms with Gasteiger partial charge in [0.25, 0.3) is 5.91 Å². The van der Waals surface area contributed by atoms with E-state index >= 15 is 0 Å². The third-order valence-electron chi connectivity index (χ3n) is 5.66. The molecule has 0 spiro atoms. The maximum atomic E-state index is 12.8. The molecule has 140 valence electrons. The Morgan fingerprint density at radius 3 is 2.77 bits per heavy atom. The maximum Gasteiger partial charge on any atom is 0.256 e. The number of piperidine rings is 1. The van der Waals surface area contributed by atoms with E-state index in [-0.39, 0.29) is 5.91 Å². The lowest BCUT2D eigenvalue weighted by Gasteiger charge is -2.31. The third-order valence-corrected chi connectivity index (χ3v) is 5.66. The van der Waals surface area contributed by atoms with Crippen LogP contribution in [0.5, 0.6) is 0 Å². The number of aryl methyl sites for hydroxylation is 1. The lowest BCUT2D eigenvalue weighted by atomic mass is 9.89. The van der Waals surface area contributed by atoms with Gasteiger partial charge < -0.3 is 14.9 Å². The highest BCUT2D eigenvalue weighted by atomic mass is 16.3. The van der Waals surface area contributed by atoms with Crippen LogP contribution in [0.2, 0.25) is 0 Å². The summed E-state index contributed by atoms with van der Waals surface area (Å²) in [5.41, 5.74) is 3.93. The number of amides is 1. The minimum absolute atomic E-state index is 0.265. The second-order valence-electron chi connectivity index (χ2n) is 7.50. The molecule has 1 atom stereocenters. The van der Waals surface area contributed by atoms with Crippen LogP contribution in [0.3, 0.4) is 0 Å². The van der Waals surface area contributed by atoms with Gasteiger partial charge in [0, 0.05) is 55.5 Å². The first-order valence-corrected chi connectivity index (χ1v) is 9.23. The number of carbonyl (C=O) groups is 1. The molecule has 1 unspecified atom stereocenters. The first-order chi connectivity index (χ1) is 12.5. The summed E-state index contributed by atoms with van der Waals surface area (Å²) in [4.78, 5) is 16.9. The number of aliphatic hydroxyl groups excluding tert-OH is 1. The van der Waals surface area contributed by atoms with Crippen LogP contribution in [0.1, 0.15) is 47.4 Å². The fraction of sp³-hybridized carbons (Fsp3) is 0.611. The molecule has 26 heavy (non-hydrogen) atoms. The number of aromatic amines is 1. The fourth-order valence-corrected chi connectivity index (χ4v) is 4.02. The summed E-state index contributed by atoms with van der Waals surface area (Å²) >= 11 is 0. The molecule has 8 heteroatoms. The first kappa shape index (κ1) is 17.2. The van der Waals surface area contributed by atoms with Crippen molar-refractivity contribution in [2.45, 2.75) is 37.8 Å². The number of nitrogens with zero attached hydrogens (tertiary/aromatic N) is 5. The topological polar surface area (TPSA) is 90.3 Å². The van der Waals surface area contributed by atoms with E-state index in [0.717, 1.165) is 49.3 Å². The van der Waals surface area contributed by atoms with Crippen molar-refractivity contribution in [3.63, 3.8) is 0 Å². The molecule has 1 amide bonds. The Bertz CT molecular complexity index is 789. The Labute approximate surface area is 152 Å². The lowest BCUT2D eigenvalue weighted by Crippen LogP contribution is -2.39. The molecule has 1 saturated heterocycles. The third kappa shape index (κ3) is 3.14. The fourth-order valence-electron chi connectivity index (χ4n) is 4.02. The molecule has 4 heterocycles. The van der Waals surface area contributed by atoms with E-state index < -0.39 is 6.10 Å². The van der Waals surface area contributed by atoms with E-state index in [1.807, 2.05) is 0 Å². The van der Waals surface area contributed by atoms with Gasteiger partial charge in [0.2, 0.25) is 0 Å². The number of fused-ring (bicyclic) bond motifs is 1. The van der Waals surface area contributed by atoms with Gasteiger partial charge >= 0.3 is 0 Å². The van der Waals surface area contributed by atoms with Crippen molar-refractivity contribution in [1.29, 1.82) is 0 Å².